The molecule has 2 aromatic heterocycles. The first kappa shape index (κ1) is 20.7. The summed E-state index contributed by atoms with van der Waals surface area (Å²) in [5, 5.41) is 14.0. The number of rotatable bonds is 7. The van der Waals surface area contributed by atoms with Crippen molar-refractivity contribution in [3.05, 3.63) is 16.0 Å². The monoisotopic (exact) mass is 409 g/mol. The van der Waals surface area contributed by atoms with Gasteiger partial charge in [0.2, 0.25) is 5.95 Å². The molecule has 2 aromatic rings. The quantitative estimate of drug-likeness (QED) is 0.510. The minimum Gasteiger partial charge on any atom is -0.465 e. The molecule has 12 nitrogen and oxygen atoms in total. The van der Waals surface area contributed by atoms with Crippen molar-refractivity contribution in [1.82, 2.24) is 19.7 Å². The van der Waals surface area contributed by atoms with Gasteiger partial charge in [0.05, 0.1) is 24.3 Å². The molecular weight excluding hydrogens is 386 g/mol. The van der Waals surface area contributed by atoms with Crippen LogP contribution in [-0.4, -0.2) is 62.7 Å². The first-order chi connectivity index (χ1) is 13.8. The third-order valence-corrected chi connectivity index (χ3v) is 4.53. The molecule has 1 saturated heterocycles. The number of hydrogen-bond donors (Lipinski definition) is 3. The number of anilines is 1. The molecule has 3 heterocycles. The van der Waals surface area contributed by atoms with Crippen LogP contribution in [0.1, 0.15) is 44.5 Å². The van der Waals surface area contributed by atoms with Gasteiger partial charge in [-0.1, -0.05) is 0 Å². The predicted molar refractivity (Wildman–Crippen MR) is 98.8 cm³/mol. The first-order valence-corrected chi connectivity index (χ1v) is 9.11. The molecule has 158 valence electrons. The molecule has 1 aliphatic rings. The summed E-state index contributed by atoms with van der Waals surface area (Å²) in [6, 6.07) is 0. The predicted octanol–water partition coefficient (Wildman–Crippen LogP) is -0.418. The molecule has 2 atom stereocenters. The maximum atomic E-state index is 12.6. The summed E-state index contributed by atoms with van der Waals surface area (Å²) >= 11 is 0. The fraction of sp³-hybridized carbons (Fsp3) is 0.588. The van der Waals surface area contributed by atoms with Crippen molar-refractivity contribution in [1.29, 1.82) is 0 Å². The van der Waals surface area contributed by atoms with Crippen molar-refractivity contribution in [2.75, 3.05) is 25.6 Å². The number of nitrogens with two attached hydrogens (primary N) is 1. The summed E-state index contributed by atoms with van der Waals surface area (Å²) in [4.78, 5) is 41.8. The number of H-pyrrole nitrogens is 1. The van der Waals surface area contributed by atoms with Crippen LogP contribution in [0.4, 0.5) is 5.95 Å². The molecule has 0 aromatic carbocycles. The highest BCUT2D eigenvalue weighted by molar-refractivity contribution is 5.79. The van der Waals surface area contributed by atoms with E-state index in [1.165, 1.54) is 18.5 Å². The molecule has 0 aliphatic carbocycles. The van der Waals surface area contributed by atoms with Gasteiger partial charge in [-0.25, -0.2) is 4.68 Å². The Morgan fingerprint density at radius 1 is 1.31 bits per heavy atom. The smallest absolute Gasteiger partial charge is 0.302 e. The molecule has 0 saturated carbocycles. The minimum atomic E-state index is -0.701. The number of nitrogens with one attached hydrogen (secondary N) is 1. The second kappa shape index (κ2) is 8.57. The number of esters is 2. The molecule has 0 amide bonds. The van der Waals surface area contributed by atoms with E-state index in [9.17, 15) is 19.5 Å². The SMILES string of the molecule is CC(=O)OCC(COC(C)=O)c1nn([C@H]2CC[C@@H](CO)O2)c2nc(N)[nH]c(=O)c12. The molecule has 0 unspecified atom stereocenters. The number of nitrogen functional groups attached to an aromatic ring is 1. The van der Waals surface area contributed by atoms with Crippen molar-refractivity contribution in [3.63, 3.8) is 0 Å². The van der Waals surface area contributed by atoms with Gasteiger partial charge < -0.3 is 25.1 Å². The van der Waals surface area contributed by atoms with Crippen molar-refractivity contribution < 1.29 is 28.9 Å². The zero-order chi connectivity index (χ0) is 21.1. The van der Waals surface area contributed by atoms with Gasteiger partial charge in [0.15, 0.2) is 11.9 Å². The van der Waals surface area contributed by atoms with E-state index in [1.54, 1.807) is 0 Å². The molecule has 1 fully saturated rings. The van der Waals surface area contributed by atoms with Crippen LogP contribution in [-0.2, 0) is 23.8 Å². The Morgan fingerprint density at radius 2 is 1.97 bits per heavy atom. The lowest BCUT2D eigenvalue weighted by Crippen LogP contribution is -2.20. The van der Waals surface area contributed by atoms with Gasteiger partial charge in [0, 0.05) is 13.8 Å². The second-order valence-electron chi connectivity index (χ2n) is 6.75. The number of aliphatic hydroxyl groups is 1. The molecule has 0 bridgehead atoms. The van der Waals surface area contributed by atoms with E-state index < -0.39 is 29.6 Å². The summed E-state index contributed by atoms with van der Waals surface area (Å²) in [6.45, 7) is 2.05. The summed E-state index contributed by atoms with van der Waals surface area (Å²) in [5.74, 6) is -1.85. The molecule has 0 spiro atoms. The minimum absolute atomic E-state index is 0.0940. The van der Waals surface area contributed by atoms with Gasteiger partial charge in [-0.2, -0.15) is 10.1 Å². The lowest BCUT2D eigenvalue weighted by Gasteiger charge is -2.15. The van der Waals surface area contributed by atoms with Crippen LogP contribution in [0, 0.1) is 0 Å². The largest absolute Gasteiger partial charge is 0.465 e. The summed E-state index contributed by atoms with van der Waals surface area (Å²) in [6.07, 6.45) is 0.259. The first-order valence-electron chi connectivity index (χ1n) is 9.11. The maximum absolute atomic E-state index is 12.6. The van der Waals surface area contributed by atoms with E-state index in [0.717, 1.165) is 0 Å². The van der Waals surface area contributed by atoms with E-state index in [4.69, 9.17) is 19.9 Å². The van der Waals surface area contributed by atoms with E-state index in [0.29, 0.717) is 12.8 Å². The van der Waals surface area contributed by atoms with Crippen LogP contribution in [0.2, 0.25) is 0 Å². The summed E-state index contributed by atoms with van der Waals surface area (Å²) in [5.41, 5.74) is 5.61. The number of carbonyl (C=O) groups excluding carboxylic acids is 2. The number of ether oxygens (including phenoxy) is 3. The van der Waals surface area contributed by atoms with E-state index in [1.807, 2.05) is 0 Å². The van der Waals surface area contributed by atoms with Gasteiger partial charge in [0.25, 0.3) is 5.56 Å². The fourth-order valence-electron chi connectivity index (χ4n) is 3.22. The Kier molecular flexibility index (Phi) is 6.13. The molecule has 3 rings (SSSR count). The van der Waals surface area contributed by atoms with Crippen molar-refractivity contribution in [2.45, 2.75) is 44.9 Å². The number of fused-ring (bicyclic) bond motifs is 1. The average Bonchev–Trinajstić information content (AvgIpc) is 3.26. The lowest BCUT2D eigenvalue weighted by molar-refractivity contribution is -0.144. The highest BCUT2D eigenvalue weighted by Crippen LogP contribution is 2.32. The zero-order valence-corrected chi connectivity index (χ0v) is 16.1. The number of nitrogens with zero attached hydrogens (tertiary/aromatic N) is 3. The molecule has 4 N–H and O–H groups in total. The molecule has 29 heavy (non-hydrogen) atoms. The van der Waals surface area contributed by atoms with Crippen molar-refractivity contribution in [3.8, 4) is 0 Å². The van der Waals surface area contributed by atoms with Crippen LogP contribution >= 0.6 is 0 Å². The normalized spacial score (nSPS) is 19.0. The lowest BCUT2D eigenvalue weighted by atomic mass is 10.1. The number of aromatic nitrogens is 4. The highest BCUT2D eigenvalue weighted by atomic mass is 16.5. The molecule has 1 aliphatic heterocycles. The van der Waals surface area contributed by atoms with E-state index >= 15 is 0 Å². The Bertz CT molecular complexity index is 951. The van der Waals surface area contributed by atoms with Crippen molar-refractivity contribution in [2.24, 2.45) is 0 Å². The fourth-order valence-corrected chi connectivity index (χ4v) is 3.22. The van der Waals surface area contributed by atoms with Crippen LogP contribution in [0.5, 0.6) is 0 Å². The van der Waals surface area contributed by atoms with Crippen molar-refractivity contribution >= 4 is 28.9 Å². The van der Waals surface area contributed by atoms with E-state index in [-0.39, 0.29) is 48.6 Å². The second-order valence-corrected chi connectivity index (χ2v) is 6.75. The third-order valence-electron chi connectivity index (χ3n) is 4.53. The maximum Gasteiger partial charge on any atom is 0.302 e. The molecule has 12 heteroatoms. The third kappa shape index (κ3) is 4.54. The summed E-state index contributed by atoms with van der Waals surface area (Å²) < 4.78 is 17.3. The Morgan fingerprint density at radius 3 is 2.52 bits per heavy atom. The number of aromatic amines is 1. The number of aliphatic hydroxyl groups excluding tert-OH is 1. The number of carbonyl (C=O) groups is 2. The van der Waals surface area contributed by atoms with E-state index in [2.05, 4.69) is 15.1 Å². The zero-order valence-electron chi connectivity index (χ0n) is 16.1. The van der Waals surface area contributed by atoms with Crippen LogP contribution < -0.4 is 11.3 Å². The Hall–Kier alpha value is -2.99. The standard InChI is InChI=1S/C17H23N5O7/c1-8(24)27-6-10(7-28-9(2)25)14-13-15(19-17(18)20-16(13)26)22(21-14)12-4-3-11(5-23)29-12/h10-12,23H,3-7H2,1-2H3,(H3,18,19,20,26)/t11-,12+/m0/s1. The van der Waals surface area contributed by atoms with Gasteiger partial charge >= 0.3 is 11.9 Å². The van der Waals surface area contributed by atoms with Crippen LogP contribution in [0.25, 0.3) is 11.0 Å². The van der Waals surface area contributed by atoms with Crippen LogP contribution in [0.15, 0.2) is 4.79 Å². The number of hydrogen-bond acceptors (Lipinski definition) is 10. The topological polar surface area (TPSA) is 172 Å². The Labute approximate surface area is 164 Å². The average molecular weight is 409 g/mol. The van der Waals surface area contributed by atoms with Gasteiger partial charge in [0.1, 0.15) is 18.6 Å². The van der Waals surface area contributed by atoms with Gasteiger partial charge in [-0.05, 0) is 12.8 Å². The van der Waals surface area contributed by atoms with Gasteiger partial charge in [-0.15, -0.1) is 0 Å². The summed E-state index contributed by atoms with van der Waals surface area (Å²) in [7, 11) is 0. The molecular formula is C17H23N5O7. The van der Waals surface area contributed by atoms with Gasteiger partial charge in [-0.3, -0.25) is 19.4 Å². The van der Waals surface area contributed by atoms with Crippen LogP contribution in [0.3, 0.4) is 0 Å². The Balaban J connectivity index is 2.08. The molecule has 0 radical (unpaired) electrons. The highest BCUT2D eigenvalue weighted by Gasteiger charge is 2.32.